The summed E-state index contributed by atoms with van der Waals surface area (Å²) in [5.74, 6) is -0.168. The molecule has 0 aliphatic carbocycles. The van der Waals surface area contributed by atoms with Crippen molar-refractivity contribution in [3.8, 4) is 0 Å². The SMILES string of the molecule is CCCCCCCCCCC(O)C(COC1OC(CO)C(O)C(O)C1O)NC(=O)CCCCCC. The highest BCUT2D eigenvalue weighted by Gasteiger charge is 2.44. The number of aliphatic hydroxyl groups is 5. The Hall–Kier alpha value is -0.810. The van der Waals surface area contributed by atoms with Crippen molar-refractivity contribution in [1.29, 1.82) is 0 Å². The molecule has 208 valence electrons. The van der Waals surface area contributed by atoms with E-state index < -0.39 is 49.5 Å². The fourth-order valence-electron chi connectivity index (χ4n) is 4.33. The highest BCUT2D eigenvalue weighted by molar-refractivity contribution is 5.76. The lowest BCUT2D eigenvalue weighted by Gasteiger charge is -2.40. The summed E-state index contributed by atoms with van der Waals surface area (Å²) < 4.78 is 11.0. The van der Waals surface area contributed by atoms with Crippen LogP contribution in [0, 0.1) is 0 Å². The zero-order valence-corrected chi connectivity index (χ0v) is 21.8. The van der Waals surface area contributed by atoms with E-state index in [1.54, 1.807) is 0 Å². The Balaban J connectivity index is 2.58. The minimum Gasteiger partial charge on any atom is -0.394 e. The van der Waals surface area contributed by atoms with E-state index >= 15 is 0 Å². The molecule has 9 nitrogen and oxygen atoms in total. The van der Waals surface area contributed by atoms with Gasteiger partial charge in [0.05, 0.1) is 25.4 Å². The van der Waals surface area contributed by atoms with Crippen LogP contribution in [0.3, 0.4) is 0 Å². The Morgan fingerprint density at radius 2 is 1.43 bits per heavy atom. The molecular weight excluding hydrogens is 454 g/mol. The summed E-state index contributed by atoms with van der Waals surface area (Å²) in [4.78, 5) is 12.5. The van der Waals surface area contributed by atoms with Crippen molar-refractivity contribution in [2.45, 2.75) is 147 Å². The van der Waals surface area contributed by atoms with Gasteiger partial charge in [0.2, 0.25) is 5.91 Å². The van der Waals surface area contributed by atoms with E-state index in [1.807, 2.05) is 0 Å². The second kappa shape index (κ2) is 19.3. The van der Waals surface area contributed by atoms with Gasteiger partial charge in [-0.05, 0) is 12.8 Å². The first-order valence-corrected chi connectivity index (χ1v) is 13.7. The molecule has 1 amide bonds. The molecule has 0 radical (unpaired) electrons. The Labute approximate surface area is 211 Å². The van der Waals surface area contributed by atoms with Crippen molar-refractivity contribution >= 4 is 5.91 Å². The number of aliphatic hydroxyl groups excluding tert-OH is 5. The van der Waals surface area contributed by atoms with Crippen molar-refractivity contribution in [2.24, 2.45) is 0 Å². The lowest BCUT2D eigenvalue weighted by Crippen LogP contribution is -2.60. The summed E-state index contributed by atoms with van der Waals surface area (Å²) >= 11 is 0. The zero-order chi connectivity index (χ0) is 26.1. The smallest absolute Gasteiger partial charge is 0.220 e. The number of hydrogen-bond acceptors (Lipinski definition) is 8. The molecule has 0 aromatic rings. The molecule has 1 rings (SSSR count). The van der Waals surface area contributed by atoms with Crippen LogP contribution >= 0.6 is 0 Å². The Kier molecular flexibility index (Phi) is 17.8. The molecule has 0 aromatic carbocycles. The highest BCUT2D eigenvalue weighted by Crippen LogP contribution is 2.22. The van der Waals surface area contributed by atoms with E-state index in [0.29, 0.717) is 12.8 Å². The van der Waals surface area contributed by atoms with Gasteiger partial charge in [-0.3, -0.25) is 4.79 Å². The van der Waals surface area contributed by atoms with Crippen LogP contribution in [0.1, 0.15) is 104 Å². The number of unbranched alkanes of at least 4 members (excludes halogenated alkanes) is 10. The maximum atomic E-state index is 12.5. The lowest BCUT2D eigenvalue weighted by molar-refractivity contribution is -0.302. The van der Waals surface area contributed by atoms with Gasteiger partial charge in [0, 0.05) is 6.42 Å². The molecule has 1 saturated heterocycles. The van der Waals surface area contributed by atoms with Gasteiger partial charge in [-0.25, -0.2) is 0 Å². The molecule has 7 atom stereocenters. The van der Waals surface area contributed by atoms with E-state index in [2.05, 4.69) is 19.2 Å². The van der Waals surface area contributed by atoms with Gasteiger partial charge in [0.25, 0.3) is 0 Å². The number of amides is 1. The minimum absolute atomic E-state index is 0.137. The summed E-state index contributed by atoms with van der Waals surface area (Å²) in [6.07, 6.45) is 6.15. The third kappa shape index (κ3) is 12.8. The monoisotopic (exact) mass is 505 g/mol. The van der Waals surface area contributed by atoms with Gasteiger partial charge in [-0.2, -0.15) is 0 Å². The predicted molar refractivity (Wildman–Crippen MR) is 134 cm³/mol. The summed E-state index contributed by atoms with van der Waals surface area (Å²) in [5.41, 5.74) is 0. The second-order valence-corrected chi connectivity index (χ2v) is 9.85. The number of hydrogen-bond donors (Lipinski definition) is 6. The number of rotatable bonds is 20. The third-order valence-electron chi connectivity index (χ3n) is 6.71. The lowest BCUT2D eigenvalue weighted by atomic mass is 9.99. The minimum atomic E-state index is -1.54. The van der Waals surface area contributed by atoms with E-state index in [-0.39, 0.29) is 12.5 Å². The van der Waals surface area contributed by atoms with Crippen LogP contribution < -0.4 is 5.32 Å². The normalized spacial score (nSPS) is 26.4. The van der Waals surface area contributed by atoms with E-state index in [1.165, 1.54) is 32.1 Å². The standard InChI is InChI=1S/C26H51NO8/c1-3-5-7-9-10-11-12-13-15-20(29)19(27-22(30)16-14-8-6-4-2)18-34-26-25(33)24(32)23(31)21(17-28)35-26/h19-21,23-26,28-29,31-33H,3-18H2,1-2H3,(H,27,30). The zero-order valence-electron chi connectivity index (χ0n) is 21.8. The number of carbonyl (C=O) groups is 1. The van der Waals surface area contributed by atoms with Crippen molar-refractivity contribution in [1.82, 2.24) is 5.32 Å². The average molecular weight is 506 g/mol. The van der Waals surface area contributed by atoms with Crippen molar-refractivity contribution in [3.05, 3.63) is 0 Å². The topological polar surface area (TPSA) is 149 Å². The molecule has 1 aliphatic heterocycles. The van der Waals surface area contributed by atoms with Gasteiger partial charge in [-0.15, -0.1) is 0 Å². The molecule has 0 bridgehead atoms. The first-order chi connectivity index (χ1) is 16.8. The van der Waals surface area contributed by atoms with Crippen molar-refractivity contribution in [3.63, 3.8) is 0 Å². The maximum absolute atomic E-state index is 12.5. The number of nitrogens with one attached hydrogen (secondary N) is 1. The Morgan fingerprint density at radius 3 is 2.03 bits per heavy atom. The molecule has 0 spiro atoms. The third-order valence-corrected chi connectivity index (χ3v) is 6.71. The molecule has 7 unspecified atom stereocenters. The molecule has 0 aromatic heterocycles. The molecule has 1 heterocycles. The first-order valence-electron chi connectivity index (χ1n) is 13.7. The fraction of sp³-hybridized carbons (Fsp3) is 0.962. The molecule has 0 saturated carbocycles. The first kappa shape index (κ1) is 32.2. The summed E-state index contributed by atoms with van der Waals surface area (Å²) in [6, 6.07) is -0.703. The Bertz CT molecular complexity index is 535. The van der Waals surface area contributed by atoms with Gasteiger partial charge >= 0.3 is 0 Å². The summed E-state index contributed by atoms with van der Waals surface area (Å²) in [5, 5.41) is 53.1. The van der Waals surface area contributed by atoms with E-state index in [9.17, 15) is 30.3 Å². The van der Waals surface area contributed by atoms with Crippen molar-refractivity contribution < 1.29 is 39.8 Å². The van der Waals surface area contributed by atoms with Crippen LogP contribution in [0.4, 0.5) is 0 Å². The quantitative estimate of drug-likeness (QED) is 0.138. The predicted octanol–water partition coefficient (Wildman–Crippen LogP) is 2.15. The summed E-state index contributed by atoms with van der Waals surface area (Å²) in [7, 11) is 0. The van der Waals surface area contributed by atoms with Gasteiger partial charge in [-0.1, -0.05) is 84.5 Å². The largest absolute Gasteiger partial charge is 0.394 e. The number of carbonyl (C=O) groups excluding carboxylic acids is 1. The van der Waals surface area contributed by atoms with Crippen molar-refractivity contribution in [2.75, 3.05) is 13.2 Å². The molecule has 1 fully saturated rings. The van der Waals surface area contributed by atoms with Crippen LogP contribution in [0.5, 0.6) is 0 Å². The molecule has 35 heavy (non-hydrogen) atoms. The summed E-state index contributed by atoms with van der Waals surface area (Å²) in [6.45, 7) is 3.61. The van der Waals surface area contributed by atoms with Gasteiger partial charge in [0.1, 0.15) is 24.4 Å². The van der Waals surface area contributed by atoms with Crippen LogP contribution in [0.15, 0.2) is 0 Å². The highest BCUT2D eigenvalue weighted by atomic mass is 16.7. The van der Waals surface area contributed by atoms with Gasteiger partial charge in [0.15, 0.2) is 6.29 Å². The maximum Gasteiger partial charge on any atom is 0.220 e. The van der Waals surface area contributed by atoms with Crippen LogP contribution in [0.2, 0.25) is 0 Å². The average Bonchev–Trinajstić information content (AvgIpc) is 2.85. The Morgan fingerprint density at radius 1 is 0.857 bits per heavy atom. The van der Waals surface area contributed by atoms with Crippen LogP contribution in [-0.4, -0.2) is 87.5 Å². The van der Waals surface area contributed by atoms with E-state index in [0.717, 1.165) is 44.9 Å². The molecule has 6 N–H and O–H groups in total. The molecular formula is C26H51NO8. The van der Waals surface area contributed by atoms with Crippen LogP contribution in [0.25, 0.3) is 0 Å². The molecule has 9 heteroatoms. The fourth-order valence-corrected chi connectivity index (χ4v) is 4.33. The van der Waals surface area contributed by atoms with Gasteiger partial charge < -0.3 is 40.3 Å². The van der Waals surface area contributed by atoms with Crippen LogP contribution in [-0.2, 0) is 14.3 Å². The van der Waals surface area contributed by atoms with E-state index in [4.69, 9.17) is 9.47 Å². The second-order valence-electron chi connectivity index (χ2n) is 9.85. The molecule has 1 aliphatic rings. The number of ether oxygens (including phenoxy) is 2.